The molecule has 1 aliphatic carbocycles. The van der Waals surface area contributed by atoms with Crippen LogP contribution in [-0.4, -0.2) is 40.4 Å². The molecule has 122 valence electrons. The highest BCUT2D eigenvalue weighted by Crippen LogP contribution is 2.30. The van der Waals surface area contributed by atoms with Crippen LogP contribution in [0.4, 0.5) is 5.69 Å². The maximum Gasteiger partial charge on any atom is 0.308 e. The molecule has 0 radical (unpaired) electrons. The Labute approximate surface area is 134 Å². The maximum absolute atomic E-state index is 12.5. The van der Waals surface area contributed by atoms with Crippen molar-refractivity contribution in [2.24, 2.45) is 11.8 Å². The van der Waals surface area contributed by atoms with E-state index in [0.29, 0.717) is 24.2 Å². The number of likely N-dealkylation sites (tertiary alicyclic amines) is 1. The first-order chi connectivity index (χ1) is 11.0. The van der Waals surface area contributed by atoms with Gasteiger partial charge in [-0.15, -0.1) is 0 Å². The van der Waals surface area contributed by atoms with Crippen molar-refractivity contribution in [1.82, 2.24) is 4.90 Å². The van der Waals surface area contributed by atoms with Crippen molar-refractivity contribution in [2.45, 2.75) is 32.2 Å². The maximum atomic E-state index is 12.5. The highest BCUT2D eigenvalue weighted by atomic mass is 16.4. The Morgan fingerprint density at radius 3 is 2.30 bits per heavy atom. The molecule has 6 heteroatoms. The van der Waals surface area contributed by atoms with Crippen LogP contribution in [0.2, 0.25) is 0 Å². The third-order valence-corrected chi connectivity index (χ3v) is 4.68. The van der Waals surface area contributed by atoms with Gasteiger partial charge in [-0.2, -0.15) is 0 Å². The van der Waals surface area contributed by atoms with Gasteiger partial charge < -0.3 is 15.3 Å². The standard InChI is InChI=1S/C17H20N2O4/c1-10-14(17(22)23)8-9-19(10)16(21)12-4-6-13(7-5-12)18-15(20)11-2-3-11/h4-7,10-11,14H,2-3,8-9H2,1H3,(H,18,20)(H,22,23). The molecule has 1 aromatic rings. The zero-order valence-electron chi connectivity index (χ0n) is 13.0. The summed E-state index contributed by atoms with van der Waals surface area (Å²) in [6.07, 6.45) is 2.37. The van der Waals surface area contributed by atoms with Crippen LogP contribution in [0.15, 0.2) is 24.3 Å². The van der Waals surface area contributed by atoms with Gasteiger partial charge in [-0.25, -0.2) is 0 Å². The van der Waals surface area contributed by atoms with Crippen molar-refractivity contribution in [2.75, 3.05) is 11.9 Å². The van der Waals surface area contributed by atoms with Gasteiger partial charge >= 0.3 is 5.97 Å². The van der Waals surface area contributed by atoms with E-state index < -0.39 is 11.9 Å². The highest BCUT2D eigenvalue weighted by Gasteiger charge is 2.38. The monoisotopic (exact) mass is 316 g/mol. The number of nitrogens with zero attached hydrogens (tertiary/aromatic N) is 1. The van der Waals surface area contributed by atoms with E-state index in [0.717, 1.165) is 12.8 Å². The number of carbonyl (C=O) groups is 3. The van der Waals surface area contributed by atoms with Crippen molar-refractivity contribution < 1.29 is 19.5 Å². The molecule has 0 bridgehead atoms. The van der Waals surface area contributed by atoms with Crippen molar-refractivity contribution in [3.63, 3.8) is 0 Å². The summed E-state index contributed by atoms with van der Waals surface area (Å²) >= 11 is 0. The van der Waals surface area contributed by atoms with Crippen LogP contribution in [-0.2, 0) is 9.59 Å². The summed E-state index contributed by atoms with van der Waals surface area (Å²) in [6.45, 7) is 2.23. The van der Waals surface area contributed by atoms with Gasteiger partial charge in [-0.1, -0.05) is 0 Å². The SMILES string of the molecule is CC1C(C(=O)O)CCN1C(=O)c1ccc(NC(=O)C2CC2)cc1. The fourth-order valence-corrected chi connectivity index (χ4v) is 3.01. The van der Waals surface area contributed by atoms with Gasteiger partial charge in [0.05, 0.1) is 5.92 Å². The lowest BCUT2D eigenvalue weighted by molar-refractivity contribution is -0.142. The molecule has 3 rings (SSSR count). The van der Waals surface area contributed by atoms with E-state index in [2.05, 4.69) is 5.32 Å². The predicted octanol–water partition coefficient (Wildman–Crippen LogP) is 1.97. The van der Waals surface area contributed by atoms with Crippen LogP contribution in [0.25, 0.3) is 0 Å². The Bertz CT molecular complexity index is 636. The minimum Gasteiger partial charge on any atom is -0.481 e. The average molecular weight is 316 g/mol. The number of rotatable bonds is 4. The lowest BCUT2D eigenvalue weighted by Crippen LogP contribution is -2.37. The number of amides is 2. The summed E-state index contributed by atoms with van der Waals surface area (Å²) in [5, 5.41) is 12.0. The second kappa shape index (κ2) is 6.02. The lowest BCUT2D eigenvalue weighted by atomic mass is 10.0. The smallest absolute Gasteiger partial charge is 0.308 e. The fraction of sp³-hybridized carbons (Fsp3) is 0.471. The largest absolute Gasteiger partial charge is 0.481 e. The van der Waals surface area contributed by atoms with E-state index in [1.165, 1.54) is 0 Å². The molecule has 2 amide bonds. The summed E-state index contributed by atoms with van der Waals surface area (Å²) in [4.78, 5) is 37.0. The molecule has 23 heavy (non-hydrogen) atoms. The van der Waals surface area contributed by atoms with Gasteiger partial charge in [0, 0.05) is 29.8 Å². The van der Waals surface area contributed by atoms with Crippen molar-refractivity contribution in [3.05, 3.63) is 29.8 Å². The molecule has 6 nitrogen and oxygen atoms in total. The summed E-state index contributed by atoms with van der Waals surface area (Å²) in [5.74, 6) is -1.36. The Kier molecular flexibility index (Phi) is 4.07. The van der Waals surface area contributed by atoms with Crippen molar-refractivity contribution >= 4 is 23.5 Å². The zero-order chi connectivity index (χ0) is 16.6. The van der Waals surface area contributed by atoms with Crippen LogP contribution in [0, 0.1) is 11.8 Å². The first-order valence-electron chi connectivity index (χ1n) is 7.92. The molecule has 2 fully saturated rings. The fourth-order valence-electron chi connectivity index (χ4n) is 3.01. The van der Waals surface area contributed by atoms with Gasteiger partial charge in [0.15, 0.2) is 0 Å². The second-order valence-corrected chi connectivity index (χ2v) is 6.31. The van der Waals surface area contributed by atoms with Gasteiger partial charge in [0.2, 0.25) is 5.91 Å². The van der Waals surface area contributed by atoms with Crippen LogP contribution in [0.3, 0.4) is 0 Å². The molecule has 1 saturated heterocycles. The molecule has 0 spiro atoms. The number of carboxylic acid groups (broad SMARTS) is 1. The average Bonchev–Trinajstić information content (AvgIpc) is 3.30. The summed E-state index contributed by atoms with van der Waals surface area (Å²) < 4.78 is 0. The molecular formula is C17H20N2O4. The van der Waals surface area contributed by atoms with Crippen molar-refractivity contribution in [3.8, 4) is 0 Å². The molecule has 2 N–H and O–H groups in total. The van der Waals surface area contributed by atoms with E-state index >= 15 is 0 Å². The summed E-state index contributed by atoms with van der Waals surface area (Å²) in [6, 6.07) is 6.46. The van der Waals surface area contributed by atoms with Gasteiger partial charge in [-0.3, -0.25) is 14.4 Å². The first-order valence-corrected chi connectivity index (χ1v) is 7.92. The number of nitrogens with one attached hydrogen (secondary N) is 1. The van der Waals surface area contributed by atoms with Crippen LogP contribution in [0.5, 0.6) is 0 Å². The number of carbonyl (C=O) groups excluding carboxylic acids is 2. The van der Waals surface area contributed by atoms with Crippen molar-refractivity contribution in [1.29, 1.82) is 0 Å². The van der Waals surface area contributed by atoms with E-state index in [1.807, 2.05) is 0 Å². The van der Waals surface area contributed by atoms with Gasteiger partial charge in [-0.05, 0) is 50.5 Å². The number of anilines is 1. The number of carboxylic acids is 1. The minimum atomic E-state index is -0.856. The second-order valence-electron chi connectivity index (χ2n) is 6.31. The van der Waals surface area contributed by atoms with Gasteiger partial charge in [0.1, 0.15) is 0 Å². The first kappa shape index (κ1) is 15.5. The molecule has 2 atom stereocenters. The third-order valence-electron chi connectivity index (χ3n) is 4.68. The quantitative estimate of drug-likeness (QED) is 0.889. The van der Waals surface area contributed by atoms with E-state index in [9.17, 15) is 14.4 Å². The Morgan fingerprint density at radius 1 is 1.13 bits per heavy atom. The Morgan fingerprint density at radius 2 is 1.78 bits per heavy atom. The topological polar surface area (TPSA) is 86.7 Å². The van der Waals surface area contributed by atoms with E-state index in [1.54, 1.807) is 36.1 Å². The predicted molar refractivity (Wildman–Crippen MR) is 84.0 cm³/mol. The Hall–Kier alpha value is -2.37. The Balaban J connectivity index is 1.65. The molecule has 0 aromatic heterocycles. The number of hydrogen-bond acceptors (Lipinski definition) is 3. The van der Waals surface area contributed by atoms with E-state index in [4.69, 9.17) is 5.11 Å². The molecule has 1 saturated carbocycles. The normalized spacial score (nSPS) is 23.6. The number of aliphatic carboxylic acids is 1. The third kappa shape index (κ3) is 3.21. The van der Waals surface area contributed by atoms with Gasteiger partial charge in [0.25, 0.3) is 5.91 Å². The van der Waals surface area contributed by atoms with Crippen LogP contribution >= 0.6 is 0 Å². The molecule has 1 heterocycles. The summed E-state index contributed by atoms with van der Waals surface area (Å²) in [5.41, 5.74) is 1.18. The molecule has 2 unspecified atom stereocenters. The lowest BCUT2D eigenvalue weighted by Gasteiger charge is -2.23. The zero-order valence-corrected chi connectivity index (χ0v) is 13.0. The molecule has 1 aliphatic heterocycles. The van der Waals surface area contributed by atoms with Crippen LogP contribution < -0.4 is 5.32 Å². The summed E-state index contributed by atoms with van der Waals surface area (Å²) in [7, 11) is 0. The minimum absolute atomic E-state index is 0.0292. The number of benzene rings is 1. The van der Waals surface area contributed by atoms with E-state index in [-0.39, 0.29) is 23.8 Å². The highest BCUT2D eigenvalue weighted by molar-refractivity contribution is 5.97. The molecule has 1 aromatic carbocycles. The van der Waals surface area contributed by atoms with Crippen LogP contribution in [0.1, 0.15) is 36.5 Å². The number of hydrogen-bond donors (Lipinski definition) is 2. The molecular weight excluding hydrogens is 296 g/mol. The molecule has 2 aliphatic rings.